The molecule has 11 heteroatoms. The lowest BCUT2D eigenvalue weighted by Crippen LogP contribution is -2.53. The Kier molecular flexibility index (Phi) is 10.4. The van der Waals surface area contributed by atoms with Gasteiger partial charge < -0.3 is 21.1 Å². The Morgan fingerprint density at radius 1 is 0.950 bits per heavy atom. The monoisotopic (exact) mass is 563 g/mol. The lowest BCUT2D eigenvalue weighted by molar-refractivity contribution is -0.137. The summed E-state index contributed by atoms with van der Waals surface area (Å²) in [6, 6.07) is 12.6. The lowest BCUT2D eigenvalue weighted by atomic mass is 9.97. The first-order valence-electron chi connectivity index (χ1n) is 12.6. The molecular formula is C29H30F5N3O3. The second kappa shape index (κ2) is 13.5. The maximum absolute atomic E-state index is 13.9. The molecule has 0 bridgehead atoms. The van der Waals surface area contributed by atoms with Gasteiger partial charge in [0.05, 0.1) is 17.7 Å². The molecule has 0 aliphatic carbocycles. The molecule has 0 fully saturated rings. The summed E-state index contributed by atoms with van der Waals surface area (Å²) in [5.74, 6) is -3.60. The third-order valence-corrected chi connectivity index (χ3v) is 6.34. The number of carbonyl (C=O) groups excluding carboxylic acids is 2. The molecule has 0 spiro atoms. The average Bonchev–Trinajstić information content (AvgIpc) is 2.89. The molecule has 3 aromatic carbocycles. The Hall–Kier alpha value is -3.83. The fraction of sp³-hybridized carbons (Fsp3) is 0.310. The van der Waals surface area contributed by atoms with E-state index in [1.807, 2.05) is 31.2 Å². The third-order valence-electron chi connectivity index (χ3n) is 6.34. The molecule has 3 rings (SSSR count). The number of aliphatic hydroxyl groups excluding tert-OH is 1. The number of aryl methyl sites for hydroxylation is 1. The summed E-state index contributed by atoms with van der Waals surface area (Å²) in [6.45, 7) is 1.58. The number of nitrogens with two attached hydrogens (primary N) is 1. The highest BCUT2D eigenvalue weighted by atomic mass is 19.4. The number of primary amides is 1. The molecule has 4 N–H and O–H groups in total. The quantitative estimate of drug-likeness (QED) is 0.288. The van der Waals surface area contributed by atoms with E-state index in [4.69, 9.17) is 5.73 Å². The molecule has 0 heterocycles. The van der Waals surface area contributed by atoms with Gasteiger partial charge in [-0.25, -0.2) is 8.78 Å². The Bertz CT molecular complexity index is 1290. The molecule has 0 aromatic heterocycles. The van der Waals surface area contributed by atoms with Crippen LogP contribution in [0.4, 0.5) is 22.0 Å². The van der Waals surface area contributed by atoms with Crippen molar-refractivity contribution in [2.75, 3.05) is 13.1 Å². The van der Waals surface area contributed by atoms with Crippen LogP contribution in [0.3, 0.4) is 0 Å². The first kappa shape index (κ1) is 30.7. The van der Waals surface area contributed by atoms with E-state index in [-0.39, 0.29) is 24.1 Å². The maximum atomic E-state index is 13.9. The molecular weight excluding hydrogens is 533 g/mol. The highest BCUT2D eigenvalue weighted by Gasteiger charge is 2.34. The van der Waals surface area contributed by atoms with Crippen LogP contribution >= 0.6 is 0 Å². The van der Waals surface area contributed by atoms with E-state index < -0.39 is 53.9 Å². The number of nitrogens with zero attached hydrogens (tertiary/aromatic N) is 1. The zero-order chi connectivity index (χ0) is 29.4. The van der Waals surface area contributed by atoms with Crippen molar-refractivity contribution in [2.24, 2.45) is 5.73 Å². The Morgan fingerprint density at radius 2 is 1.57 bits per heavy atom. The molecule has 2 atom stereocenters. The number of rotatable bonds is 12. The summed E-state index contributed by atoms with van der Waals surface area (Å²) in [5, 5.41) is 14.2. The number of benzene rings is 3. The summed E-state index contributed by atoms with van der Waals surface area (Å²) in [5.41, 5.74) is 6.34. The minimum atomic E-state index is -4.63. The fourth-order valence-electron chi connectivity index (χ4n) is 4.36. The van der Waals surface area contributed by atoms with E-state index in [1.54, 1.807) is 0 Å². The van der Waals surface area contributed by atoms with Crippen molar-refractivity contribution in [1.82, 2.24) is 10.2 Å². The standard InChI is InChI=1S/C29H30F5N3O3/c1-2-18-4-3-5-19(10-18)15-36-16-26(38)25(13-20-11-23(30)14-24(31)12-20)37(17-27(35)39)28(40)21-6-8-22(9-7-21)29(32,33)34/h3-12,14,25-26,36,38H,2,13,15-17H2,1H3,(H2,35,39)/t25-,26+/m0/s1. The van der Waals surface area contributed by atoms with Gasteiger partial charge in [-0.1, -0.05) is 31.2 Å². The number of hydrogen-bond donors (Lipinski definition) is 3. The smallest absolute Gasteiger partial charge is 0.390 e. The van der Waals surface area contributed by atoms with Crippen LogP contribution in [0.2, 0.25) is 0 Å². The minimum absolute atomic E-state index is 0.0889. The second-order valence-corrected chi connectivity index (χ2v) is 9.40. The van der Waals surface area contributed by atoms with Gasteiger partial charge in [0.25, 0.3) is 5.91 Å². The van der Waals surface area contributed by atoms with Gasteiger partial charge in [-0.15, -0.1) is 0 Å². The van der Waals surface area contributed by atoms with Crippen molar-refractivity contribution in [3.05, 3.63) is 106 Å². The summed E-state index contributed by atoms with van der Waals surface area (Å²) >= 11 is 0. The van der Waals surface area contributed by atoms with Gasteiger partial charge >= 0.3 is 6.18 Å². The molecule has 214 valence electrons. The SMILES string of the molecule is CCc1cccc(CNC[C@@H](O)[C@H](Cc2cc(F)cc(F)c2)N(CC(N)=O)C(=O)c2ccc(C(F)(F)F)cc2)c1. The number of hydrogen-bond acceptors (Lipinski definition) is 4. The molecule has 6 nitrogen and oxygen atoms in total. The van der Waals surface area contributed by atoms with Crippen molar-refractivity contribution in [3.63, 3.8) is 0 Å². The van der Waals surface area contributed by atoms with Gasteiger partial charge in [-0.3, -0.25) is 9.59 Å². The molecule has 0 radical (unpaired) electrons. The predicted octanol–water partition coefficient (Wildman–Crippen LogP) is 4.24. The van der Waals surface area contributed by atoms with Gasteiger partial charge in [-0.05, 0) is 65.9 Å². The normalized spacial score (nSPS) is 13.1. The van der Waals surface area contributed by atoms with E-state index >= 15 is 0 Å². The maximum Gasteiger partial charge on any atom is 0.416 e. The van der Waals surface area contributed by atoms with Gasteiger partial charge in [0.15, 0.2) is 0 Å². The average molecular weight is 564 g/mol. The van der Waals surface area contributed by atoms with E-state index in [0.717, 1.165) is 58.8 Å². The molecule has 40 heavy (non-hydrogen) atoms. The van der Waals surface area contributed by atoms with E-state index in [0.29, 0.717) is 12.6 Å². The highest BCUT2D eigenvalue weighted by molar-refractivity contribution is 5.96. The second-order valence-electron chi connectivity index (χ2n) is 9.40. The van der Waals surface area contributed by atoms with Crippen molar-refractivity contribution in [2.45, 2.75) is 44.6 Å². The van der Waals surface area contributed by atoms with Gasteiger partial charge in [0, 0.05) is 24.7 Å². The van der Waals surface area contributed by atoms with Crippen molar-refractivity contribution in [1.29, 1.82) is 0 Å². The van der Waals surface area contributed by atoms with Gasteiger partial charge in [0.2, 0.25) is 5.91 Å². The number of amides is 2. The first-order valence-corrected chi connectivity index (χ1v) is 12.6. The van der Waals surface area contributed by atoms with Gasteiger partial charge in [0.1, 0.15) is 18.2 Å². The predicted molar refractivity (Wildman–Crippen MR) is 139 cm³/mol. The summed E-state index contributed by atoms with van der Waals surface area (Å²) < 4.78 is 66.9. The van der Waals surface area contributed by atoms with E-state index in [9.17, 15) is 36.6 Å². The van der Waals surface area contributed by atoms with E-state index in [1.165, 1.54) is 0 Å². The Morgan fingerprint density at radius 3 is 2.15 bits per heavy atom. The third kappa shape index (κ3) is 8.59. The fourth-order valence-corrected chi connectivity index (χ4v) is 4.36. The summed E-state index contributed by atoms with van der Waals surface area (Å²) in [7, 11) is 0. The van der Waals surface area contributed by atoms with Crippen LogP contribution < -0.4 is 11.1 Å². The van der Waals surface area contributed by atoms with Crippen molar-refractivity contribution < 1.29 is 36.6 Å². The molecule has 0 aliphatic rings. The Labute approximate surface area is 228 Å². The van der Waals surface area contributed by atoms with Gasteiger partial charge in [-0.2, -0.15) is 13.2 Å². The molecule has 0 saturated carbocycles. The van der Waals surface area contributed by atoms with Crippen molar-refractivity contribution >= 4 is 11.8 Å². The van der Waals surface area contributed by atoms with Crippen LogP contribution in [-0.4, -0.2) is 47.1 Å². The molecule has 0 aliphatic heterocycles. The van der Waals surface area contributed by atoms with Crippen LogP contribution in [0.5, 0.6) is 0 Å². The number of halogens is 5. The molecule has 2 amide bonds. The zero-order valence-electron chi connectivity index (χ0n) is 21.7. The van der Waals surface area contributed by atoms with E-state index in [2.05, 4.69) is 5.32 Å². The number of alkyl halides is 3. The first-order chi connectivity index (χ1) is 18.9. The zero-order valence-corrected chi connectivity index (χ0v) is 21.7. The minimum Gasteiger partial charge on any atom is -0.390 e. The van der Waals surface area contributed by atoms with Crippen molar-refractivity contribution in [3.8, 4) is 0 Å². The summed E-state index contributed by atoms with van der Waals surface area (Å²) in [4.78, 5) is 26.3. The molecule has 0 saturated heterocycles. The number of nitrogens with one attached hydrogen (secondary N) is 1. The van der Waals surface area contributed by atoms with Crippen LogP contribution in [0.15, 0.2) is 66.7 Å². The van der Waals surface area contributed by atoms with Crippen LogP contribution in [0.1, 0.15) is 39.5 Å². The summed E-state index contributed by atoms with van der Waals surface area (Å²) in [6.07, 6.45) is -5.44. The highest BCUT2D eigenvalue weighted by Crippen LogP contribution is 2.29. The number of aliphatic hydroxyl groups is 1. The largest absolute Gasteiger partial charge is 0.416 e. The molecule has 3 aromatic rings. The van der Waals surface area contributed by atoms with Crippen LogP contribution in [0, 0.1) is 11.6 Å². The number of carbonyl (C=O) groups is 2. The molecule has 0 unspecified atom stereocenters. The Balaban J connectivity index is 1.90. The van der Waals surface area contributed by atoms with Crippen LogP contribution in [0.25, 0.3) is 0 Å². The topological polar surface area (TPSA) is 95.7 Å². The van der Waals surface area contributed by atoms with Crippen LogP contribution in [-0.2, 0) is 30.4 Å². The lowest BCUT2D eigenvalue weighted by Gasteiger charge is -2.35.